The maximum atomic E-state index is 12.5. The van der Waals surface area contributed by atoms with Crippen molar-refractivity contribution in [3.8, 4) is 0 Å². The third-order valence-corrected chi connectivity index (χ3v) is 5.54. The highest BCUT2D eigenvalue weighted by Crippen LogP contribution is 2.26. The van der Waals surface area contributed by atoms with Crippen LogP contribution >= 0.6 is 22.9 Å². The Labute approximate surface area is 177 Å². The number of benzene rings is 1. The molecule has 1 amide bonds. The first-order valence-corrected chi connectivity index (χ1v) is 10.2. The molecule has 150 valence electrons. The Bertz CT molecular complexity index is 991. The number of pyridine rings is 1. The maximum Gasteiger partial charge on any atom is 0.340 e. The Morgan fingerprint density at radius 3 is 2.66 bits per heavy atom. The number of aromatic nitrogens is 1. The van der Waals surface area contributed by atoms with E-state index in [0.29, 0.717) is 0 Å². The summed E-state index contributed by atoms with van der Waals surface area (Å²) in [5.41, 5.74) is 8.11. The minimum Gasteiger partial charge on any atom is -0.452 e. The highest BCUT2D eigenvalue weighted by molar-refractivity contribution is 7.10. The molecule has 0 saturated heterocycles. The van der Waals surface area contributed by atoms with Crippen LogP contribution in [-0.4, -0.2) is 23.5 Å². The van der Waals surface area contributed by atoms with Gasteiger partial charge in [-0.05, 0) is 35.1 Å². The summed E-state index contributed by atoms with van der Waals surface area (Å²) in [6, 6.07) is 13.0. The molecule has 0 unspecified atom stereocenters. The van der Waals surface area contributed by atoms with E-state index < -0.39 is 18.5 Å². The Morgan fingerprint density at radius 2 is 2.03 bits per heavy atom. The number of nitrogen functional groups attached to an aromatic ring is 1. The van der Waals surface area contributed by atoms with E-state index in [1.165, 1.54) is 17.8 Å². The first kappa shape index (κ1) is 20.8. The second-order valence-electron chi connectivity index (χ2n) is 6.29. The van der Waals surface area contributed by atoms with Crippen LogP contribution in [0.1, 0.15) is 39.3 Å². The lowest BCUT2D eigenvalue weighted by Gasteiger charge is -2.18. The fraction of sp³-hybridized carbons (Fsp3) is 0.190. The van der Waals surface area contributed by atoms with Gasteiger partial charge >= 0.3 is 5.97 Å². The summed E-state index contributed by atoms with van der Waals surface area (Å²) in [6.07, 6.45) is 2.19. The molecule has 0 fully saturated rings. The number of esters is 1. The van der Waals surface area contributed by atoms with E-state index in [-0.39, 0.29) is 22.4 Å². The van der Waals surface area contributed by atoms with Gasteiger partial charge in [0.1, 0.15) is 0 Å². The van der Waals surface area contributed by atoms with Crippen LogP contribution in [0.4, 0.5) is 5.69 Å². The Morgan fingerprint density at radius 1 is 1.28 bits per heavy atom. The third kappa shape index (κ3) is 5.34. The molecule has 1 atom stereocenters. The number of carbonyl (C=O) groups excluding carboxylic acids is 2. The van der Waals surface area contributed by atoms with Crippen molar-refractivity contribution in [2.24, 2.45) is 0 Å². The molecule has 0 aliphatic rings. The molecule has 6 nitrogen and oxygen atoms in total. The van der Waals surface area contributed by atoms with Gasteiger partial charge in [-0.1, -0.05) is 48.9 Å². The SMILES string of the molecule is CCc1ccc([C@H](NC(=O)COC(=O)c2cnc(Cl)c(N)c2)c2cccs2)cc1. The first-order valence-electron chi connectivity index (χ1n) is 8.97. The number of nitrogens with two attached hydrogens (primary N) is 1. The predicted octanol–water partition coefficient (Wildman–Crippen LogP) is 4.00. The summed E-state index contributed by atoms with van der Waals surface area (Å²) in [6.45, 7) is 1.67. The topological polar surface area (TPSA) is 94.3 Å². The van der Waals surface area contributed by atoms with Gasteiger partial charge in [-0.25, -0.2) is 9.78 Å². The maximum absolute atomic E-state index is 12.5. The molecule has 3 aromatic rings. The van der Waals surface area contributed by atoms with Crippen molar-refractivity contribution in [2.75, 3.05) is 12.3 Å². The Hall–Kier alpha value is -2.90. The molecule has 0 saturated carbocycles. The number of aryl methyl sites for hydroxylation is 1. The zero-order valence-corrected chi connectivity index (χ0v) is 17.3. The van der Waals surface area contributed by atoms with E-state index in [0.717, 1.165) is 16.9 Å². The van der Waals surface area contributed by atoms with E-state index in [1.54, 1.807) is 11.3 Å². The van der Waals surface area contributed by atoms with Crippen LogP contribution in [0.25, 0.3) is 0 Å². The van der Waals surface area contributed by atoms with Crippen molar-refractivity contribution < 1.29 is 14.3 Å². The van der Waals surface area contributed by atoms with Gasteiger partial charge in [-0.2, -0.15) is 0 Å². The molecular weight excluding hydrogens is 410 g/mol. The number of nitrogens with zero attached hydrogens (tertiary/aromatic N) is 1. The smallest absolute Gasteiger partial charge is 0.340 e. The number of thiophene rings is 1. The first-order chi connectivity index (χ1) is 14.0. The van der Waals surface area contributed by atoms with E-state index in [4.69, 9.17) is 22.1 Å². The molecule has 29 heavy (non-hydrogen) atoms. The standard InChI is InChI=1S/C21H20ClN3O3S/c1-2-13-5-7-14(8-6-13)19(17-4-3-9-29-17)25-18(26)12-28-21(27)15-10-16(23)20(22)24-11-15/h3-11,19H,2,12,23H2,1H3,(H,25,26)/t19-/m0/s1. The lowest BCUT2D eigenvalue weighted by atomic mass is 10.0. The van der Waals surface area contributed by atoms with E-state index in [2.05, 4.69) is 17.2 Å². The van der Waals surface area contributed by atoms with Crippen molar-refractivity contribution in [1.29, 1.82) is 0 Å². The summed E-state index contributed by atoms with van der Waals surface area (Å²) < 4.78 is 5.09. The van der Waals surface area contributed by atoms with Gasteiger partial charge < -0.3 is 15.8 Å². The van der Waals surface area contributed by atoms with Gasteiger partial charge in [0.15, 0.2) is 11.8 Å². The van der Waals surface area contributed by atoms with Crippen molar-refractivity contribution in [1.82, 2.24) is 10.3 Å². The van der Waals surface area contributed by atoms with Gasteiger partial charge in [0, 0.05) is 11.1 Å². The number of halogens is 1. The molecule has 0 aliphatic heterocycles. The Balaban J connectivity index is 1.66. The summed E-state index contributed by atoms with van der Waals surface area (Å²) in [4.78, 5) is 29.4. The number of hydrogen-bond donors (Lipinski definition) is 2. The number of carbonyl (C=O) groups is 2. The summed E-state index contributed by atoms with van der Waals surface area (Å²) >= 11 is 7.29. The van der Waals surface area contributed by atoms with Crippen molar-refractivity contribution >= 4 is 40.5 Å². The number of rotatable bonds is 7. The fourth-order valence-electron chi connectivity index (χ4n) is 2.71. The van der Waals surface area contributed by atoms with E-state index >= 15 is 0 Å². The highest BCUT2D eigenvalue weighted by Gasteiger charge is 2.19. The number of hydrogen-bond acceptors (Lipinski definition) is 6. The lowest BCUT2D eigenvalue weighted by Crippen LogP contribution is -2.32. The van der Waals surface area contributed by atoms with Crippen LogP contribution < -0.4 is 11.1 Å². The van der Waals surface area contributed by atoms with Gasteiger partial charge in [0.2, 0.25) is 0 Å². The molecule has 1 aromatic carbocycles. The molecule has 8 heteroatoms. The highest BCUT2D eigenvalue weighted by atomic mass is 35.5. The molecule has 3 rings (SSSR count). The molecule has 2 heterocycles. The third-order valence-electron chi connectivity index (χ3n) is 4.29. The van der Waals surface area contributed by atoms with E-state index in [9.17, 15) is 9.59 Å². The van der Waals surface area contributed by atoms with Gasteiger partial charge in [0.25, 0.3) is 5.91 Å². The predicted molar refractivity (Wildman–Crippen MR) is 114 cm³/mol. The molecular formula is C21H20ClN3O3S. The Kier molecular flexibility index (Phi) is 6.85. The van der Waals surface area contributed by atoms with Crippen LogP contribution in [0, 0.1) is 0 Å². The van der Waals surface area contributed by atoms with Gasteiger partial charge in [-0.15, -0.1) is 11.3 Å². The second-order valence-corrected chi connectivity index (χ2v) is 7.63. The van der Waals surface area contributed by atoms with Crippen LogP contribution in [0.5, 0.6) is 0 Å². The van der Waals surface area contributed by atoms with Crippen LogP contribution in [0.15, 0.2) is 54.0 Å². The zero-order valence-electron chi connectivity index (χ0n) is 15.7. The van der Waals surface area contributed by atoms with Crippen LogP contribution in [0.2, 0.25) is 5.15 Å². The monoisotopic (exact) mass is 429 g/mol. The average molecular weight is 430 g/mol. The van der Waals surface area contributed by atoms with Crippen molar-refractivity contribution in [3.05, 3.63) is 80.8 Å². The normalized spacial score (nSPS) is 11.7. The summed E-state index contributed by atoms with van der Waals surface area (Å²) in [5.74, 6) is -1.11. The summed E-state index contributed by atoms with van der Waals surface area (Å²) in [5, 5.41) is 4.99. The van der Waals surface area contributed by atoms with Crippen LogP contribution in [0.3, 0.4) is 0 Å². The van der Waals surface area contributed by atoms with Crippen molar-refractivity contribution in [3.63, 3.8) is 0 Å². The second kappa shape index (κ2) is 9.54. The van der Waals surface area contributed by atoms with Gasteiger partial charge in [-0.3, -0.25) is 4.79 Å². The number of amides is 1. The molecule has 0 aliphatic carbocycles. The van der Waals surface area contributed by atoms with Gasteiger partial charge in [0.05, 0.1) is 17.3 Å². The largest absolute Gasteiger partial charge is 0.452 e. The molecule has 0 spiro atoms. The average Bonchev–Trinajstić information content (AvgIpc) is 3.27. The molecule has 2 aromatic heterocycles. The van der Waals surface area contributed by atoms with E-state index in [1.807, 2.05) is 41.8 Å². The lowest BCUT2D eigenvalue weighted by molar-refractivity contribution is -0.124. The fourth-order valence-corrected chi connectivity index (χ4v) is 3.62. The minimum atomic E-state index is -0.698. The zero-order chi connectivity index (χ0) is 20.8. The van der Waals surface area contributed by atoms with Crippen molar-refractivity contribution in [2.45, 2.75) is 19.4 Å². The number of ether oxygens (including phenoxy) is 1. The van der Waals surface area contributed by atoms with Crippen LogP contribution in [-0.2, 0) is 16.0 Å². The summed E-state index contributed by atoms with van der Waals surface area (Å²) in [7, 11) is 0. The number of nitrogens with one attached hydrogen (secondary N) is 1. The quantitative estimate of drug-likeness (QED) is 0.437. The minimum absolute atomic E-state index is 0.104. The molecule has 0 bridgehead atoms. The molecule has 3 N–H and O–H groups in total. The molecule has 0 radical (unpaired) electrons. The number of anilines is 1.